The molecule has 82 valence electrons. The first-order valence-electron chi connectivity index (χ1n) is 5.03. The maximum Gasteiger partial charge on any atom is 0.162 e. The number of rotatable bonds is 6. The molecule has 15 heavy (non-hydrogen) atoms. The van der Waals surface area contributed by atoms with E-state index in [0.29, 0.717) is 13.0 Å². The highest BCUT2D eigenvalue weighted by Gasteiger charge is 2.02. The Kier molecular flexibility index (Phi) is 5.26. The van der Waals surface area contributed by atoms with E-state index in [9.17, 15) is 4.79 Å². The van der Waals surface area contributed by atoms with E-state index in [1.54, 1.807) is 11.8 Å². The normalized spacial score (nSPS) is 10.0. The maximum atomic E-state index is 11.3. The highest BCUT2D eigenvalue weighted by molar-refractivity contribution is 7.98. The standard InChI is InChI=1S/C12H16O2S/c1-3-12(13)10-4-6-11(7-5-10)14-8-9-15-2/h4-7H,3,8-9H2,1-2H3. The summed E-state index contributed by atoms with van der Waals surface area (Å²) < 4.78 is 5.48. The molecule has 1 aromatic rings. The van der Waals surface area contributed by atoms with Crippen LogP contribution >= 0.6 is 11.8 Å². The van der Waals surface area contributed by atoms with Crippen molar-refractivity contribution in [2.24, 2.45) is 0 Å². The van der Waals surface area contributed by atoms with Crippen LogP contribution in [-0.2, 0) is 0 Å². The SMILES string of the molecule is CCC(=O)c1ccc(OCCSC)cc1. The Balaban J connectivity index is 2.52. The first-order chi connectivity index (χ1) is 7.27. The fourth-order valence-electron chi connectivity index (χ4n) is 1.18. The minimum atomic E-state index is 0.172. The number of carbonyl (C=O) groups is 1. The van der Waals surface area contributed by atoms with Gasteiger partial charge in [0.2, 0.25) is 0 Å². The van der Waals surface area contributed by atoms with Crippen LogP contribution in [0.3, 0.4) is 0 Å². The molecule has 0 fully saturated rings. The molecule has 0 aliphatic heterocycles. The summed E-state index contributed by atoms with van der Waals surface area (Å²) in [5.41, 5.74) is 0.759. The van der Waals surface area contributed by atoms with Crippen LogP contribution in [0.5, 0.6) is 5.75 Å². The summed E-state index contributed by atoms with van der Waals surface area (Å²) in [6, 6.07) is 7.34. The van der Waals surface area contributed by atoms with E-state index in [0.717, 1.165) is 17.1 Å². The topological polar surface area (TPSA) is 26.3 Å². The Morgan fingerprint density at radius 1 is 1.33 bits per heavy atom. The number of Topliss-reactive ketones (excluding diaryl/α,β-unsaturated/α-hetero) is 1. The molecule has 0 amide bonds. The van der Waals surface area contributed by atoms with Gasteiger partial charge in [-0.3, -0.25) is 4.79 Å². The average Bonchev–Trinajstić information content (AvgIpc) is 2.29. The zero-order valence-electron chi connectivity index (χ0n) is 9.16. The minimum Gasteiger partial charge on any atom is -0.493 e. The summed E-state index contributed by atoms with van der Waals surface area (Å²) in [4.78, 5) is 11.3. The number of ether oxygens (including phenoxy) is 1. The van der Waals surface area contributed by atoms with Gasteiger partial charge < -0.3 is 4.74 Å². The highest BCUT2D eigenvalue weighted by Crippen LogP contribution is 2.13. The molecule has 0 atom stereocenters. The predicted molar refractivity (Wildman–Crippen MR) is 64.9 cm³/mol. The van der Waals surface area contributed by atoms with Gasteiger partial charge in [-0.05, 0) is 30.5 Å². The van der Waals surface area contributed by atoms with Crippen molar-refractivity contribution in [1.29, 1.82) is 0 Å². The van der Waals surface area contributed by atoms with Crippen LogP contribution in [0.2, 0.25) is 0 Å². The number of benzene rings is 1. The summed E-state index contributed by atoms with van der Waals surface area (Å²) in [5.74, 6) is 1.98. The van der Waals surface area contributed by atoms with Gasteiger partial charge >= 0.3 is 0 Å². The van der Waals surface area contributed by atoms with E-state index in [1.165, 1.54) is 0 Å². The molecule has 0 unspecified atom stereocenters. The second-order valence-corrected chi connectivity index (χ2v) is 4.13. The summed E-state index contributed by atoms with van der Waals surface area (Å²) in [6.45, 7) is 2.58. The van der Waals surface area contributed by atoms with Gasteiger partial charge in [0.05, 0.1) is 6.61 Å². The van der Waals surface area contributed by atoms with Gasteiger partial charge in [0.25, 0.3) is 0 Å². The number of thioether (sulfide) groups is 1. The lowest BCUT2D eigenvalue weighted by atomic mass is 10.1. The number of carbonyl (C=O) groups excluding carboxylic acids is 1. The third-order valence-electron chi connectivity index (χ3n) is 2.05. The molecule has 0 radical (unpaired) electrons. The van der Waals surface area contributed by atoms with Gasteiger partial charge in [0, 0.05) is 17.7 Å². The Hall–Kier alpha value is -0.960. The van der Waals surface area contributed by atoms with E-state index < -0.39 is 0 Å². The molecule has 0 heterocycles. The van der Waals surface area contributed by atoms with E-state index in [-0.39, 0.29) is 5.78 Å². The van der Waals surface area contributed by atoms with Gasteiger partial charge in [-0.1, -0.05) is 6.92 Å². The van der Waals surface area contributed by atoms with Crippen LogP contribution in [0.15, 0.2) is 24.3 Å². The molecule has 3 heteroatoms. The lowest BCUT2D eigenvalue weighted by Gasteiger charge is -2.05. The molecular formula is C12H16O2S. The van der Waals surface area contributed by atoms with Crippen LogP contribution in [-0.4, -0.2) is 24.4 Å². The van der Waals surface area contributed by atoms with Crippen molar-refractivity contribution in [2.75, 3.05) is 18.6 Å². The number of hydrogen-bond donors (Lipinski definition) is 0. The molecule has 1 rings (SSSR count). The van der Waals surface area contributed by atoms with E-state index >= 15 is 0 Å². The largest absolute Gasteiger partial charge is 0.493 e. The fraction of sp³-hybridized carbons (Fsp3) is 0.417. The highest BCUT2D eigenvalue weighted by atomic mass is 32.2. The first-order valence-corrected chi connectivity index (χ1v) is 6.42. The molecule has 0 saturated carbocycles. The Morgan fingerprint density at radius 2 is 2.00 bits per heavy atom. The van der Waals surface area contributed by atoms with Crippen LogP contribution in [0.25, 0.3) is 0 Å². The first kappa shape index (κ1) is 12.1. The molecule has 1 aromatic carbocycles. The van der Waals surface area contributed by atoms with Crippen LogP contribution in [0.4, 0.5) is 0 Å². The average molecular weight is 224 g/mol. The zero-order valence-corrected chi connectivity index (χ0v) is 9.97. The fourth-order valence-corrected chi connectivity index (χ4v) is 1.43. The third-order valence-corrected chi connectivity index (χ3v) is 2.63. The van der Waals surface area contributed by atoms with Crippen LogP contribution in [0, 0.1) is 0 Å². The maximum absolute atomic E-state index is 11.3. The number of hydrogen-bond acceptors (Lipinski definition) is 3. The summed E-state index contributed by atoms with van der Waals surface area (Å²) in [5, 5.41) is 0. The van der Waals surface area contributed by atoms with Crippen molar-refractivity contribution in [1.82, 2.24) is 0 Å². The summed E-state index contributed by atoms with van der Waals surface area (Å²) >= 11 is 1.75. The van der Waals surface area contributed by atoms with Crippen molar-refractivity contribution in [3.63, 3.8) is 0 Å². The van der Waals surface area contributed by atoms with Gasteiger partial charge in [-0.15, -0.1) is 0 Å². The molecule has 0 N–H and O–H groups in total. The Labute approximate surface area is 95.0 Å². The lowest BCUT2D eigenvalue weighted by Crippen LogP contribution is -2.00. The Bertz CT molecular complexity index is 306. The van der Waals surface area contributed by atoms with Crippen LogP contribution in [0.1, 0.15) is 23.7 Å². The minimum absolute atomic E-state index is 0.172. The second kappa shape index (κ2) is 6.51. The summed E-state index contributed by atoms with van der Waals surface area (Å²) in [7, 11) is 0. The molecule has 0 bridgehead atoms. The molecule has 0 saturated heterocycles. The summed E-state index contributed by atoms with van der Waals surface area (Å²) in [6.07, 6.45) is 2.60. The molecule has 0 aromatic heterocycles. The third kappa shape index (κ3) is 3.96. The zero-order chi connectivity index (χ0) is 11.1. The monoisotopic (exact) mass is 224 g/mol. The van der Waals surface area contributed by atoms with Crippen molar-refractivity contribution < 1.29 is 9.53 Å². The quantitative estimate of drug-likeness (QED) is 0.549. The van der Waals surface area contributed by atoms with Crippen molar-refractivity contribution >= 4 is 17.5 Å². The van der Waals surface area contributed by atoms with Crippen molar-refractivity contribution in [3.8, 4) is 5.75 Å². The van der Waals surface area contributed by atoms with E-state index in [2.05, 4.69) is 0 Å². The molecule has 2 nitrogen and oxygen atoms in total. The molecular weight excluding hydrogens is 208 g/mol. The smallest absolute Gasteiger partial charge is 0.162 e. The predicted octanol–water partition coefficient (Wildman–Crippen LogP) is 3.02. The van der Waals surface area contributed by atoms with Crippen molar-refractivity contribution in [2.45, 2.75) is 13.3 Å². The van der Waals surface area contributed by atoms with Gasteiger partial charge in [0.15, 0.2) is 5.78 Å². The van der Waals surface area contributed by atoms with Crippen LogP contribution < -0.4 is 4.74 Å². The van der Waals surface area contributed by atoms with Crippen molar-refractivity contribution in [3.05, 3.63) is 29.8 Å². The van der Waals surface area contributed by atoms with E-state index in [1.807, 2.05) is 37.4 Å². The van der Waals surface area contributed by atoms with E-state index in [4.69, 9.17) is 4.74 Å². The van der Waals surface area contributed by atoms with Gasteiger partial charge in [-0.2, -0.15) is 11.8 Å². The molecule has 0 aliphatic carbocycles. The van der Waals surface area contributed by atoms with Gasteiger partial charge in [-0.25, -0.2) is 0 Å². The van der Waals surface area contributed by atoms with Gasteiger partial charge in [0.1, 0.15) is 5.75 Å². The second-order valence-electron chi connectivity index (χ2n) is 3.14. The number of ketones is 1. The Morgan fingerprint density at radius 3 is 2.53 bits per heavy atom. The lowest BCUT2D eigenvalue weighted by molar-refractivity contribution is 0.0988. The molecule has 0 spiro atoms. The molecule has 0 aliphatic rings.